The van der Waals surface area contributed by atoms with E-state index < -0.39 is 0 Å². The van der Waals surface area contributed by atoms with Crippen LogP contribution in [0.25, 0.3) is 0 Å². The van der Waals surface area contributed by atoms with Gasteiger partial charge < -0.3 is 10.1 Å². The van der Waals surface area contributed by atoms with Gasteiger partial charge >= 0.3 is 0 Å². The minimum atomic E-state index is -0.105. The van der Waals surface area contributed by atoms with E-state index in [1.165, 1.54) is 11.3 Å². The molecule has 4 nitrogen and oxygen atoms in total. The highest BCUT2D eigenvalue weighted by Crippen LogP contribution is 2.36. The fourth-order valence-electron chi connectivity index (χ4n) is 1.04. The van der Waals surface area contributed by atoms with Crippen LogP contribution >= 0.6 is 11.3 Å². The summed E-state index contributed by atoms with van der Waals surface area (Å²) in [5.41, 5.74) is 0. The molecule has 1 aromatic heterocycles. The van der Waals surface area contributed by atoms with E-state index in [1.807, 2.05) is 0 Å². The first-order chi connectivity index (χ1) is 6.16. The van der Waals surface area contributed by atoms with Crippen molar-refractivity contribution in [2.24, 2.45) is 0 Å². The Hall–Kier alpha value is -1.10. The quantitative estimate of drug-likeness (QED) is 0.745. The summed E-state index contributed by atoms with van der Waals surface area (Å²) >= 11 is 1.48. The van der Waals surface area contributed by atoms with E-state index in [9.17, 15) is 4.79 Å². The zero-order chi connectivity index (χ0) is 9.42. The number of hydrogen-bond donors (Lipinski definition) is 1. The van der Waals surface area contributed by atoms with Crippen LogP contribution in [0.3, 0.4) is 0 Å². The Kier molecular flexibility index (Phi) is 1.95. The molecule has 70 valence electrons. The molecule has 1 amide bonds. The molecule has 13 heavy (non-hydrogen) atoms. The smallest absolute Gasteiger partial charge is 0.263 e. The van der Waals surface area contributed by atoms with Crippen molar-refractivity contribution in [1.29, 1.82) is 0 Å². The van der Waals surface area contributed by atoms with Gasteiger partial charge in [-0.25, -0.2) is 4.98 Å². The predicted molar refractivity (Wildman–Crippen MR) is 50.3 cm³/mol. The third kappa shape index (κ3) is 1.51. The van der Waals surface area contributed by atoms with Gasteiger partial charge in [0.1, 0.15) is 5.01 Å². The van der Waals surface area contributed by atoms with Gasteiger partial charge in [-0.2, -0.15) is 0 Å². The predicted octanol–water partition coefficient (Wildman–Crippen LogP) is 1.60. The largest absolute Gasteiger partial charge is 0.465 e. The SMILES string of the molecule is CC(C)c1nc2c(s1)NC(=O)CO2. The number of ether oxygens (including phenoxy) is 1. The Morgan fingerprint density at radius 3 is 3.08 bits per heavy atom. The highest BCUT2D eigenvalue weighted by atomic mass is 32.1. The lowest BCUT2D eigenvalue weighted by Gasteiger charge is -2.10. The molecule has 0 radical (unpaired) electrons. The third-order valence-electron chi connectivity index (χ3n) is 1.70. The Morgan fingerprint density at radius 1 is 1.62 bits per heavy atom. The van der Waals surface area contributed by atoms with Crippen molar-refractivity contribution in [3.63, 3.8) is 0 Å². The minimum Gasteiger partial charge on any atom is -0.465 e. The van der Waals surface area contributed by atoms with Gasteiger partial charge in [0.2, 0.25) is 5.88 Å². The van der Waals surface area contributed by atoms with E-state index >= 15 is 0 Å². The first kappa shape index (κ1) is 8.50. The van der Waals surface area contributed by atoms with Crippen LogP contribution in [0.5, 0.6) is 5.88 Å². The van der Waals surface area contributed by atoms with Crippen LogP contribution < -0.4 is 10.1 Å². The van der Waals surface area contributed by atoms with Gasteiger partial charge in [0.05, 0.1) is 0 Å². The molecule has 1 N–H and O–H groups in total. The summed E-state index contributed by atoms with van der Waals surface area (Å²) in [6, 6.07) is 0. The van der Waals surface area contributed by atoms with Crippen molar-refractivity contribution < 1.29 is 9.53 Å². The van der Waals surface area contributed by atoms with Crippen LogP contribution in [-0.4, -0.2) is 17.5 Å². The number of fused-ring (bicyclic) bond motifs is 1. The Labute approximate surface area is 79.9 Å². The van der Waals surface area contributed by atoms with Gasteiger partial charge in [0, 0.05) is 5.92 Å². The Bertz CT molecular complexity index is 346. The van der Waals surface area contributed by atoms with E-state index in [0.29, 0.717) is 11.8 Å². The third-order valence-corrected chi connectivity index (χ3v) is 2.95. The first-order valence-electron chi connectivity index (χ1n) is 4.10. The van der Waals surface area contributed by atoms with Crippen LogP contribution in [0.1, 0.15) is 24.8 Å². The molecule has 0 spiro atoms. The molecule has 0 atom stereocenters. The van der Waals surface area contributed by atoms with Gasteiger partial charge in [-0.15, -0.1) is 0 Å². The molecule has 2 rings (SSSR count). The summed E-state index contributed by atoms with van der Waals surface area (Å²) < 4.78 is 5.15. The molecule has 2 heterocycles. The van der Waals surface area contributed by atoms with Gasteiger partial charge in [-0.1, -0.05) is 25.2 Å². The number of amides is 1. The van der Waals surface area contributed by atoms with Crippen LogP contribution in [0.4, 0.5) is 5.00 Å². The van der Waals surface area contributed by atoms with E-state index in [1.54, 1.807) is 0 Å². The maximum absolute atomic E-state index is 10.9. The molecule has 0 unspecified atom stereocenters. The summed E-state index contributed by atoms with van der Waals surface area (Å²) in [5.74, 6) is 0.829. The first-order valence-corrected chi connectivity index (χ1v) is 4.92. The summed E-state index contributed by atoms with van der Waals surface area (Å²) in [4.78, 5) is 15.2. The molecular formula is C8H10N2O2S. The average molecular weight is 198 g/mol. The van der Waals surface area contributed by atoms with Crippen molar-refractivity contribution in [3.05, 3.63) is 5.01 Å². The van der Waals surface area contributed by atoms with Crippen molar-refractivity contribution in [2.45, 2.75) is 19.8 Å². The van der Waals surface area contributed by atoms with E-state index in [4.69, 9.17) is 4.74 Å². The molecule has 0 fully saturated rings. The van der Waals surface area contributed by atoms with Gasteiger partial charge in [0.15, 0.2) is 11.6 Å². The number of rotatable bonds is 1. The molecule has 1 aliphatic rings. The number of anilines is 1. The number of carbonyl (C=O) groups is 1. The molecule has 0 aliphatic carbocycles. The lowest BCUT2D eigenvalue weighted by Crippen LogP contribution is -2.24. The number of hydrogen-bond acceptors (Lipinski definition) is 4. The highest BCUT2D eigenvalue weighted by Gasteiger charge is 2.21. The van der Waals surface area contributed by atoms with Gasteiger partial charge in [-0.05, 0) is 0 Å². The van der Waals surface area contributed by atoms with Crippen molar-refractivity contribution in [1.82, 2.24) is 4.98 Å². The topological polar surface area (TPSA) is 51.2 Å². The van der Waals surface area contributed by atoms with Crippen molar-refractivity contribution in [3.8, 4) is 5.88 Å². The lowest BCUT2D eigenvalue weighted by molar-refractivity contribution is -0.118. The minimum absolute atomic E-state index is 0.0776. The number of nitrogens with zero attached hydrogens (tertiary/aromatic N) is 1. The summed E-state index contributed by atoms with van der Waals surface area (Å²) in [5, 5.41) is 4.46. The fraction of sp³-hybridized carbons (Fsp3) is 0.500. The molecule has 0 bridgehead atoms. The molecule has 1 aliphatic heterocycles. The van der Waals surface area contributed by atoms with Crippen LogP contribution in [0.15, 0.2) is 0 Å². The molecule has 1 aromatic rings. The normalized spacial score (nSPS) is 15.2. The van der Waals surface area contributed by atoms with E-state index in [2.05, 4.69) is 24.1 Å². The van der Waals surface area contributed by atoms with Crippen molar-refractivity contribution in [2.75, 3.05) is 11.9 Å². The second-order valence-corrected chi connectivity index (χ2v) is 4.21. The lowest BCUT2D eigenvalue weighted by atomic mass is 10.2. The van der Waals surface area contributed by atoms with E-state index in [0.717, 1.165) is 10.0 Å². The average Bonchev–Trinajstić information content (AvgIpc) is 2.46. The molecule has 0 saturated heterocycles. The number of carbonyl (C=O) groups excluding carboxylic acids is 1. The number of nitrogens with one attached hydrogen (secondary N) is 1. The fourth-order valence-corrected chi connectivity index (χ4v) is 1.97. The molecule has 0 saturated carbocycles. The Balaban J connectivity index is 2.33. The highest BCUT2D eigenvalue weighted by molar-refractivity contribution is 7.16. The summed E-state index contributed by atoms with van der Waals surface area (Å²) in [7, 11) is 0. The number of thiazole rings is 1. The van der Waals surface area contributed by atoms with E-state index in [-0.39, 0.29) is 12.5 Å². The number of aromatic nitrogens is 1. The van der Waals surface area contributed by atoms with Crippen LogP contribution in [0, 0.1) is 0 Å². The van der Waals surface area contributed by atoms with Gasteiger partial charge in [0.25, 0.3) is 5.91 Å². The molecule has 0 aromatic carbocycles. The maximum atomic E-state index is 10.9. The van der Waals surface area contributed by atoms with Crippen LogP contribution in [0.2, 0.25) is 0 Å². The van der Waals surface area contributed by atoms with Crippen molar-refractivity contribution >= 4 is 22.2 Å². The van der Waals surface area contributed by atoms with Gasteiger partial charge in [-0.3, -0.25) is 4.79 Å². The molecular weight excluding hydrogens is 188 g/mol. The van der Waals surface area contributed by atoms with Crippen LogP contribution in [-0.2, 0) is 4.79 Å². The zero-order valence-electron chi connectivity index (χ0n) is 7.46. The molecule has 5 heteroatoms. The summed E-state index contributed by atoms with van der Waals surface area (Å²) in [6.07, 6.45) is 0. The second kappa shape index (κ2) is 2.99. The maximum Gasteiger partial charge on any atom is 0.263 e. The monoisotopic (exact) mass is 198 g/mol. The standard InChI is InChI=1S/C8H10N2O2S/c1-4(2)7-10-6-8(13-7)9-5(11)3-12-6/h4H,3H2,1-2H3,(H,9,11). The second-order valence-electron chi connectivity index (χ2n) is 3.18. The zero-order valence-corrected chi connectivity index (χ0v) is 8.27. The Morgan fingerprint density at radius 2 is 2.38 bits per heavy atom. The summed E-state index contributed by atoms with van der Waals surface area (Å²) in [6.45, 7) is 4.20.